The topological polar surface area (TPSA) is 109 Å². The number of primary sulfonamides is 1. The summed E-state index contributed by atoms with van der Waals surface area (Å²) in [5.74, 6) is 0.0859. The monoisotopic (exact) mass is 274 g/mol. The highest BCUT2D eigenvalue weighted by atomic mass is 32.2. The van der Waals surface area contributed by atoms with Crippen molar-refractivity contribution in [2.45, 2.75) is 25.0 Å². The van der Waals surface area contributed by atoms with Gasteiger partial charge >= 0.3 is 0 Å². The van der Waals surface area contributed by atoms with Gasteiger partial charge in [0, 0.05) is 7.05 Å². The van der Waals surface area contributed by atoms with E-state index in [1.54, 1.807) is 13.8 Å². The molecule has 8 nitrogen and oxygen atoms in total. The summed E-state index contributed by atoms with van der Waals surface area (Å²) in [6.45, 7) is 3.72. The van der Waals surface area contributed by atoms with Crippen molar-refractivity contribution in [3.63, 3.8) is 0 Å². The molecule has 0 radical (unpaired) electrons. The maximum absolute atomic E-state index is 11.6. The number of sulfonamides is 1. The van der Waals surface area contributed by atoms with Gasteiger partial charge in [0.15, 0.2) is 11.1 Å². The van der Waals surface area contributed by atoms with Crippen LogP contribution in [0, 0.1) is 6.92 Å². The number of rotatable bonds is 2. The number of nitrogens with two attached hydrogens (primary N) is 1. The lowest BCUT2D eigenvalue weighted by atomic mass is 10.2. The lowest BCUT2D eigenvalue weighted by Gasteiger charge is -2.18. The van der Waals surface area contributed by atoms with Gasteiger partial charge < -0.3 is 9.57 Å². The van der Waals surface area contributed by atoms with Gasteiger partial charge in [-0.15, -0.1) is 0 Å². The van der Waals surface area contributed by atoms with Gasteiger partial charge in [-0.1, -0.05) is 0 Å². The SMILES string of the molecule is Cc1nn(C)c(S(N)(=O)=O)c1C1=NOC(C)CO1. The molecular formula is C9H14N4O4S. The molecule has 2 N–H and O–H groups in total. The zero-order valence-electron chi connectivity index (χ0n) is 10.2. The Labute approximate surface area is 104 Å². The number of nitrogens with zero attached hydrogens (tertiary/aromatic N) is 3. The fourth-order valence-corrected chi connectivity index (χ4v) is 2.65. The van der Waals surface area contributed by atoms with E-state index in [0.29, 0.717) is 5.69 Å². The van der Waals surface area contributed by atoms with Crippen molar-refractivity contribution in [1.29, 1.82) is 0 Å². The Morgan fingerprint density at radius 1 is 1.50 bits per heavy atom. The van der Waals surface area contributed by atoms with Crippen LogP contribution in [-0.2, 0) is 26.6 Å². The van der Waals surface area contributed by atoms with Crippen molar-refractivity contribution in [2.75, 3.05) is 6.61 Å². The van der Waals surface area contributed by atoms with Crippen LogP contribution < -0.4 is 5.14 Å². The summed E-state index contributed by atoms with van der Waals surface area (Å²) in [4.78, 5) is 5.07. The van der Waals surface area contributed by atoms with Crippen LogP contribution in [0.15, 0.2) is 10.2 Å². The molecule has 0 aliphatic carbocycles. The third-order valence-corrected chi connectivity index (χ3v) is 3.43. The van der Waals surface area contributed by atoms with Gasteiger partial charge in [0.05, 0.1) is 5.69 Å². The highest BCUT2D eigenvalue weighted by molar-refractivity contribution is 7.89. The standard InChI is InChI=1S/C9H14N4O4S/c1-5-4-16-8(12-17-5)7-6(2)11-13(3)9(7)18(10,14)15/h5H,4H2,1-3H3,(H2,10,14,15). The molecule has 1 aliphatic heterocycles. The van der Waals surface area contributed by atoms with Gasteiger partial charge in [0.1, 0.15) is 12.2 Å². The van der Waals surface area contributed by atoms with Crippen molar-refractivity contribution >= 4 is 15.9 Å². The molecule has 9 heteroatoms. The summed E-state index contributed by atoms with van der Waals surface area (Å²) in [5, 5.41) is 12.8. The van der Waals surface area contributed by atoms with Crippen molar-refractivity contribution in [3.05, 3.63) is 11.3 Å². The van der Waals surface area contributed by atoms with Crippen molar-refractivity contribution in [2.24, 2.45) is 17.3 Å². The van der Waals surface area contributed by atoms with Gasteiger partial charge in [-0.3, -0.25) is 4.68 Å². The maximum atomic E-state index is 11.6. The number of hydrogen-bond donors (Lipinski definition) is 1. The first-order chi connectivity index (χ1) is 8.30. The molecule has 0 fully saturated rings. The van der Waals surface area contributed by atoms with E-state index >= 15 is 0 Å². The second kappa shape index (κ2) is 4.25. The molecule has 0 spiro atoms. The second-order valence-electron chi connectivity index (χ2n) is 4.06. The Kier molecular flexibility index (Phi) is 3.03. The number of aromatic nitrogens is 2. The predicted octanol–water partition coefficient (Wildman–Crippen LogP) is -0.527. The molecular weight excluding hydrogens is 260 g/mol. The molecule has 0 aromatic carbocycles. The minimum atomic E-state index is -3.92. The van der Waals surface area contributed by atoms with E-state index in [4.69, 9.17) is 14.7 Å². The maximum Gasteiger partial charge on any atom is 0.262 e. The van der Waals surface area contributed by atoms with E-state index < -0.39 is 10.0 Å². The van der Waals surface area contributed by atoms with E-state index in [1.165, 1.54) is 11.7 Å². The van der Waals surface area contributed by atoms with Crippen LogP contribution in [0.2, 0.25) is 0 Å². The van der Waals surface area contributed by atoms with E-state index in [1.807, 2.05) is 0 Å². The van der Waals surface area contributed by atoms with E-state index in [-0.39, 0.29) is 29.2 Å². The fraction of sp³-hybridized carbons (Fsp3) is 0.556. The smallest absolute Gasteiger partial charge is 0.262 e. The molecule has 100 valence electrons. The first-order valence-corrected chi connectivity index (χ1v) is 6.78. The molecule has 0 bridgehead atoms. The third kappa shape index (κ3) is 2.18. The van der Waals surface area contributed by atoms with Crippen LogP contribution in [0.5, 0.6) is 0 Å². The Bertz CT molecular complexity index is 604. The molecule has 0 saturated heterocycles. The highest BCUT2D eigenvalue weighted by Gasteiger charge is 2.29. The average Bonchev–Trinajstić information content (AvgIpc) is 2.54. The zero-order chi connectivity index (χ0) is 13.5. The number of oxime groups is 1. The number of hydrogen-bond acceptors (Lipinski definition) is 6. The molecule has 1 aromatic heterocycles. The molecule has 0 saturated carbocycles. The Hall–Kier alpha value is -1.61. The normalized spacial score (nSPS) is 20.0. The number of ether oxygens (including phenoxy) is 1. The Morgan fingerprint density at radius 2 is 2.17 bits per heavy atom. The molecule has 1 aromatic rings. The van der Waals surface area contributed by atoms with Crippen LogP contribution in [0.1, 0.15) is 18.2 Å². The summed E-state index contributed by atoms with van der Waals surface area (Å²) in [5.41, 5.74) is 0.699. The van der Waals surface area contributed by atoms with Crippen LogP contribution in [-0.4, -0.2) is 36.8 Å². The van der Waals surface area contributed by atoms with Crippen molar-refractivity contribution < 1.29 is 18.0 Å². The lowest BCUT2D eigenvalue weighted by molar-refractivity contribution is 0.00135. The zero-order valence-corrected chi connectivity index (χ0v) is 11.1. The van der Waals surface area contributed by atoms with Crippen molar-refractivity contribution in [1.82, 2.24) is 9.78 Å². The fourth-order valence-electron chi connectivity index (χ4n) is 1.72. The molecule has 1 unspecified atom stereocenters. The first kappa shape index (κ1) is 12.8. The summed E-state index contributed by atoms with van der Waals surface area (Å²) in [7, 11) is -2.43. The van der Waals surface area contributed by atoms with E-state index in [0.717, 1.165) is 0 Å². The average molecular weight is 274 g/mol. The molecule has 2 rings (SSSR count). The van der Waals surface area contributed by atoms with Crippen molar-refractivity contribution in [3.8, 4) is 0 Å². The molecule has 2 heterocycles. The predicted molar refractivity (Wildman–Crippen MR) is 62.4 cm³/mol. The minimum absolute atomic E-state index is 0.0859. The lowest BCUT2D eigenvalue weighted by Crippen LogP contribution is -2.27. The van der Waals surface area contributed by atoms with Crippen LogP contribution in [0.4, 0.5) is 0 Å². The number of aryl methyl sites for hydroxylation is 2. The molecule has 0 amide bonds. The molecule has 1 aliphatic rings. The third-order valence-electron chi connectivity index (χ3n) is 2.42. The minimum Gasteiger partial charge on any atom is -0.471 e. The van der Waals surface area contributed by atoms with Gasteiger partial charge in [-0.2, -0.15) is 5.10 Å². The summed E-state index contributed by atoms with van der Waals surface area (Å²) < 4.78 is 29.7. The second-order valence-corrected chi connectivity index (χ2v) is 5.53. The van der Waals surface area contributed by atoms with E-state index in [9.17, 15) is 8.42 Å². The summed E-state index contributed by atoms with van der Waals surface area (Å²) >= 11 is 0. The molecule has 1 atom stereocenters. The van der Waals surface area contributed by atoms with Crippen LogP contribution >= 0.6 is 0 Å². The van der Waals surface area contributed by atoms with Gasteiger partial charge in [0.2, 0.25) is 0 Å². The van der Waals surface area contributed by atoms with Crippen LogP contribution in [0.3, 0.4) is 0 Å². The largest absolute Gasteiger partial charge is 0.471 e. The summed E-state index contributed by atoms with van der Waals surface area (Å²) in [6, 6.07) is 0. The quantitative estimate of drug-likeness (QED) is 0.780. The van der Waals surface area contributed by atoms with Gasteiger partial charge in [-0.05, 0) is 19.0 Å². The van der Waals surface area contributed by atoms with Gasteiger partial charge in [-0.25, -0.2) is 13.6 Å². The Morgan fingerprint density at radius 3 is 2.67 bits per heavy atom. The highest BCUT2D eigenvalue weighted by Crippen LogP contribution is 2.21. The Balaban J connectivity index is 2.58. The summed E-state index contributed by atoms with van der Waals surface area (Å²) in [6.07, 6.45) is -0.177. The molecule has 18 heavy (non-hydrogen) atoms. The first-order valence-electron chi connectivity index (χ1n) is 5.24. The van der Waals surface area contributed by atoms with Crippen LogP contribution in [0.25, 0.3) is 0 Å². The van der Waals surface area contributed by atoms with E-state index in [2.05, 4.69) is 10.3 Å². The van der Waals surface area contributed by atoms with Gasteiger partial charge in [0.25, 0.3) is 15.9 Å².